The first kappa shape index (κ1) is 12.3. The quantitative estimate of drug-likeness (QED) is 0.561. The predicted octanol–water partition coefficient (Wildman–Crippen LogP) is 3.91. The van der Waals surface area contributed by atoms with E-state index in [0.29, 0.717) is 5.56 Å². The van der Waals surface area contributed by atoms with Crippen molar-refractivity contribution in [3.63, 3.8) is 0 Å². The van der Waals surface area contributed by atoms with Gasteiger partial charge in [-0.1, -0.05) is 24.0 Å². The van der Waals surface area contributed by atoms with Crippen molar-refractivity contribution in [2.75, 3.05) is 0 Å². The van der Waals surface area contributed by atoms with Gasteiger partial charge in [0.2, 0.25) is 0 Å². The Bertz CT molecular complexity index is 824. The molecule has 0 unspecified atom stereocenters. The van der Waals surface area contributed by atoms with Crippen LogP contribution in [0.25, 0.3) is 10.8 Å². The van der Waals surface area contributed by atoms with E-state index in [1.807, 2.05) is 18.2 Å². The van der Waals surface area contributed by atoms with E-state index in [1.165, 1.54) is 18.2 Å². The number of pyridine rings is 1. The van der Waals surface area contributed by atoms with E-state index in [9.17, 15) is 8.78 Å². The van der Waals surface area contributed by atoms with E-state index in [1.54, 1.807) is 18.5 Å². The third-order valence-electron chi connectivity index (χ3n) is 2.94. The molecule has 0 fully saturated rings. The zero-order valence-electron chi connectivity index (χ0n) is 10.4. The van der Waals surface area contributed by atoms with Gasteiger partial charge in [0.25, 0.3) is 0 Å². The van der Waals surface area contributed by atoms with Crippen molar-refractivity contribution in [3.05, 3.63) is 77.6 Å². The summed E-state index contributed by atoms with van der Waals surface area (Å²) in [6.45, 7) is 0. The SMILES string of the molecule is Fc1cccc(F)c1C#Cc1ccc2cnccc2c1. The van der Waals surface area contributed by atoms with Crippen molar-refractivity contribution >= 4 is 10.8 Å². The van der Waals surface area contributed by atoms with Crippen LogP contribution >= 0.6 is 0 Å². The van der Waals surface area contributed by atoms with E-state index in [0.717, 1.165) is 10.8 Å². The molecule has 3 aromatic rings. The van der Waals surface area contributed by atoms with Gasteiger partial charge in [-0.05, 0) is 35.7 Å². The highest BCUT2D eigenvalue weighted by Crippen LogP contribution is 2.14. The molecule has 0 aliphatic heterocycles. The fourth-order valence-corrected chi connectivity index (χ4v) is 1.91. The summed E-state index contributed by atoms with van der Waals surface area (Å²) in [5.74, 6) is 4.03. The van der Waals surface area contributed by atoms with Gasteiger partial charge in [-0.2, -0.15) is 0 Å². The highest BCUT2D eigenvalue weighted by Gasteiger charge is 2.04. The summed E-state index contributed by atoms with van der Waals surface area (Å²) in [6.07, 6.45) is 3.44. The average molecular weight is 265 g/mol. The summed E-state index contributed by atoms with van der Waals surface area (Å²) in [7, 11) is 0. The maximum Gasteiger partial charge on any atom is 0.141 e. The van der Waals surface area contributed by atoms with Crippen molar-refractivity contribution in [3.8, 4) is 11.8 Å². The molecule has 0 saturated carbocycles. The maximum absolute atomic E-state index is 13.5. The molecule has 20 heavy (non-hydrogen) atoms. The molecule has 0 spiro atoms. The summed E-state index contributed by atoms with van der Waals surface area (Å²) in [5.41, 5.74) is 0.494. The Balaban J connectivity index is 2.04. The molecule has 1 nitrogen and oxygen atoms in total. The van der Waals surface area contributed by atoms with Crippen LogP contribution in [0.15, 0.2) is 54.9 Å². The van der Waals surface area contributed by atoms with Crippen LogP contribution < -0.4 is 0 Å². The molecule has 0 amide bonds. The lowest BCUT2D eigenvalue weighted by Crippen LogP contribution is -1.88. The third-order valence-corrected chi connectivity index (χ3v) is 2.94. The van der Waals surface area contributed by atoms with Gasteiger partial charge in [0.1, 0.15) is 11.6 Å². The molecular formula is C17H9F2N. The summed E-state index contributed by atoms with van der Waals surface area (Å²) >= 11 is 0. The Morgan fingerprint density at radius 1 is 0.850 bits per heavy atom. The molecule has 3 heteroatoms. The lowest BCUT2D eigenvalue weighted by atomic mass is 10.1. The zero-order valence-corrected chi connectivity index (χ0v) is 10.4. The molecule has 1 heterocycles. The molecule has 0 bridgehead atoms. The van der Waals surface area contributed by atoms with Crippen molar-refractivity contribution in [1.82, 2.24) is 4.98 Å². The third kappa shape index (κ3) is 2.36. The van der Waals surface area contributed by atoms with Crippen LogP contribution in [0, 0.1) is 23.5 Å². The Labute approximate surface area is 114 Å². The second-order valence-corrected chi connectivity index (χ2v) is 4.28. The predicted molar refractivity (Wildman–Crippen MR) is 74.1 cm³/mol. The minimum atomic E-state index is -0.650. The number of nitrogens with zero attached hydrogens (tertiary/aromatic N) is 1. The number of hydrogen-bond donors (Lipinski definition) is 0. The monoisotopic (exact) mass is 265 g/mol. The van der Waals surface area contributed by atoms with Gasteiger partial charge in [-0.15, -0.1) is 0 Å². The molecule has 0 N–H and O–H groups in total. The minimum Gasteiger partial charge on any atom is -0.264 e. The molecule has 0 radical (unpaired) electrons. The summed E-state index contributed by atoms with van der Waals surface area (Å²) in [5, 5.41) is 1.98. The van der Waals surface area contributed by atoms with Crippen molar-refractivity contribution in [1.29, 1.82) is 0 Å². The van der Waals surface area contributed by atoms with Gasteiger partial charge < -0.3 is 0 Å². The number of halogens is 2. The Kier molecular flexibility index (Phi) is 3.14. The first-order chi connectivity index (χ1) is 9.74. The van der Waals surface area contributed by atoms with Gasteiger partial charge in [-0.25, -0.2) is 8.78 Å². The average Bonchev–Trinajstić information content (AvgIpc) is 2.46. The van der Waals surface area contributed by atoms with Gasteiger partial charge >= 0.3 is 0 Å². The second-order valence-electron chi connectivity index (χ2n) is 4.28. The minimum absolute atomic E-state index is 0.206. The fourth-order valence-electron chi connectivity index (χ4n) is 1.91. The summed E-state index contributed by atoms with van der Waals surface area (Å²) < 4.78 is 26.9. The van der Waals surface area contributed by atoms with Gasteiger partial charge in [0.15, 0.2) is 0 Å². The van der Waals surface area contributed by atoms with Crippen LogP contribution in [0.4, 0.5) is 8.78 Å². The van der Waals surface area contributed by atoms with Gasteiger partial charge in [0.05, 0.1) is 5.56 Å². The number of aromatic nitrogens is 1. The lowest BCUT2D eigenvalue weighted by molar-refractivity contribution is 0.577. The Morgan fingerprint density at radius 2 is 1.65 bits per heavy atom. The number of rotatable bonds is 0. The van der Waals surface area contributed by atoms with E-state index in [4.69, 9.17) is 0 Å². The van der Waals surface area contributed by atoms with Crippen LogP contribution in [-0.2, 0) is 0 Å². The van der Waals surface area contributed by atoms with Crippen LogP contribution in [0.1, 0.15) is 11.1 Å². The van der Waals surface area contributed by atoms with Crippen LogP contribution in [0.5, 0.6) is 0 Å². The summed E-state index contributed by atoms with van der Waals surface area (Å²) in [4.78, 5) is 4.02. The van der Waals surface area contributed by atoms with Crippen LogP contribution in [0.3, 0.4) is 0 Å². The Morgan fingerprint density at radius 3 is 2.45 bits per heavy atom. The summed E-state index contributed by atoms with van der Waals surface area (Å²) in [6, 6.07) is 11.1. The second kappa shape index (κ2) is 5.10. The topological polar surface area (TPSA) is 12.9 Å². The molecule has 3 rings (SSSR count). The molecule has 1 aromatic heterocycles. The van der Waals surface area contributed by atoms with E-state index in [2.05, 4.69) is 16.8 Å². The molecule has 2 aromatic carbocycles. The van der Waals surface area contributed by atoms with Crippen molar-refractivity contribution in [2.45, 2.75) is 0 Å². The molecule has 0 aliphatic carbocycles. The van der Waals surface area contributed by atoms with Crippen molar-refractivity contribution < 1.29 is 8.78 Å². The number of benzene rings is 2. The van der Waals surface area contributed by atoms with E-state index in [-0.39, 0.29) is 5.56 Å². The van der Waals surface area contributed by atoms with Crippen LogP contribution in [-0.4, -0.2) is 4.98 Å². The maximum atomic E-state index is 13.5. The standard InChI is InChI=1S/C17H9F2N/c18-16-2-1-3-17(19)15(16)7-5-12-4-6-14-11-20-9-8-13(14)10-12/h1-4,6,8-11H. The highest BCUT2D eigenvalue weighted by atomic mass is 19.1. The molecule has 0 atom stereocenters. The van der Waals surface area contributed by atoms with E-state index >= 15 is 0 Å². The number of fused-ring (bicyclic) bond motifs is 1. The zero-order chi connectivity index (χ0) is 13.9. The van der Waals surface area contributed by atoms with Gasteiger partial charge in [0, 0.05) is 23.3 Å². The van der Waals surface area contributed by atoms with Crippen LogP contribution in [0.2, 0.25) is 0 Å². The highest BCUT2D eigenvalue weighted by molar-refractivity contribution is 5.82. The smallest absolute Gasteiger partial charge is 0.141 e. The van der Waals surface area contributed by atoms with Gasteiger partial charge in [-0.3, -0.25) is 4.98 Å². The first-order valence-corrected chi connectivity index (χ1v) is 6.04. The Hall–Kier alpha value is -2.73. The van der Waals surface area contributed by atoms with Crippen molar-refractivity contribution in [2.24, 2.45) is 0 Å². The molecule has 0 saturated heterocycles. The normalized spacial score (nSPS) is 10.1. The molecule has 96 valence electrons. The van der Waals surface area contributed by atoms with E-state index < -0.39 is 11.6 Å². The number of hydrogen-bond acceptors (Lipinski definition) is 1. The first-order valence-electron chi connectivity index (χ1n) is 6.04. The fraction of sp³-hybridized carbons (Fsp3) is 0. The lowest BCUT2D eigenvalue weighted by Gasteiger charge is -1.97. The largest absolute Gasteiger partial charge is 0.264 e. The molecular weight excluding hydrogens is 256 g/mol. The molecule has 0 aliphatic rings.